The molecule has 2 aromatic rings. The van der Waals surface area contributed by atoms with Gasteiger partial charge in [0.1, 0.15) is 6.04 Å². The third-order valence-corrected chi connectivity index (χ3v) is 6.92. The number of nitrogens with one attached hydrogen (secondary N) is 2. The van der Waals surface area contributed by atoms with Gasteiger partial charge in [0, 0.05) is 24.5 Å². The second-order valence-corrected chi connectivity index (χ2v) is 10.4. The second-order valence-electron chi connectivity index (χ2n) is 10.4. The van der Waals surface area contributed by atoms with Crippen molar-refractivity contribution in [3.8, 4) is 0 Å². The van der Waals surface area contributed by atoms with E-state index in [0.29, 0.717) is 6.42 Å². The van der Waals surface area contributed by atoms with Crippen molar-refractivity contribution in [3.63, 3.8) is 0 Å². The van der Waals surface area contributed by atoms with Gasteiger partial charge in [0.2, 0.25) is 11.8 Å². The van der Waals surface area contributed by atoms with Gasteiger partial charge in [0.15, 0.2) is 0 Å². The maximum atomic E-state index is 13.8. The molecule has 0 radical (unpaired) electrons. The number of carboxylic acids is 1. The van der Waals surface area contributed by atoms with E-state index in [1.54, 1.807) is 25.1 Å². The number of hydrogen-bond acceptors (Lipinski definition) is 4. The fourth-order valence-electron chi connectivity index (χ4n) is 4.63. The molecule has 0 aliphatic carbocycles. The summed E-state index contributed by atoms with van der Waals surface area (Å²) < 4.78 is 0. The Morgan fingerprint density at radius 2 is 1.54 bits per heavy atom. The van der Waals surface area contributed by atoms with Crippen molar-refractivity contribution < 1.29 is 19.5 Å². The summed E-state index contributed by atoms with van der Waals surface area (Å²) in [4.78, 5) is 40.5. The summed E-state index contributed by atoms with van der Waals surface area (Å²) in [6.07, 6.45) is 1.91. The maximum Gasteiger partial charge on any atom is 0.331 e. The van der Waals surface area contributed by atoms with Gasteiger partial charge in [-0.05, 0) is 31.0 Å². The molecule has 0 saturated heterocycles. The van der Waals surface area contributed by atoms with Gasteiger partial charge in [-0.15, -0.1) is 0 Å². The summed E-state index contributed by atoms with van der Waals surface area (Å²) >= 11 is 0. The van der Waals surface area contributed by atoms with E-state index in [-0.39, 0.29) is 23.3 Å². The van der Waals surface area contributed by atoms with Crippen molar-refractivity contribution in [2.75, 3.05) is 14.1 Å². The molecule has 2 amide bonds. The van der Waals surface area contributed by atoms with Gasteiger partial charge in [-0.1, -0.05) is 94.4 Å². The minimum absolute atomic E-state index is 0.0293. The number of carbonyl (C=O) groups excluding carboxylic acids is 2. The first-order chi connectivity index (χ1) is 17.4. The Morgan fingerprint density at radius 3 is 2.03 bits per heavy atom. The fourth-order valence-corrected chi connectivity index (χ4v) is 4.63. The lowest BCUT2D eigenvalue weighted by Crippen LogP contribution is -2.59. The van der Waals surface area contributed by atoms with E-state index in [9.17, 15) is 19.5 Å². The Hall–Kier alpha value is -3.45. The highest BCUT2D eigenvalue weighted by Gasteiger charge is 2.38. The summed E-state index contributed by atoms with van der Waals surface area (Å²) in [6, 6.07) is 17.5. The summed E-state index contributed by atoms with van der Waals surface area (Å²) in [5.74, 6) is -1.62. The monoisotopic (exact) mass is 507 g/mol. The normalized spacial score (nSPS) is 14.5. The Balaban J connectivity index is 2.40. The molecule has 37 heavy (non-hydrogen) atoms. The standard InChI is InChI=1S/C30H41N3O4/c1-20(2)25(18-21(3)29(36)37)33(7)28(35)24(19-22-14-10-8-11-15-22)32-27(34)26(31-6)30(4,5)23-16-12-9-13-17-23/h8-18,20,24-26,31H,19H2,1-7H3,(H,32,34)(H,36,37)/t24-,25+,26+/m0/s1. The van der Waals surface area contributed by atoms with E-state index < -0.39 is 29.5 Å². The number of aliphatic carboxylic acids is 1. The smallest absolute Gasteiger partial charge is 0.331 e. The molecule has 0 heterocycles. The zero-order valence-corrected chi connectivity index (χ0v) is 23.0. The van der Waals surface area contributed by atoms with Crippen molar-refractivity contribution >= 4 is 17.8 Å². The quantitative estimate of drug-likeness (QED) is 0.380. The van der Waals surface area contributed by atoms with E-state index in [1.165, 1.54) is 6.92 Å². The predicted molar refractivity (Wildman–Crippen MR) is 147 cm³/mol. The Labute approximate surface area is 221 Å². The first-order valence-electron chi connectivity index (χ1n) is 12.7. The van der Waals surface area contributed by atoms with Crippen LogP contribution in [-0.2, 0) is 26.2 Å². The number of carboxylic acid groups (broad SMARTS) is 1. The van der Waals surface area contributed by atoms with Gasteiger partial charge in [-0.25, -0.2) is 4.79 Å². The maximum absolute atomic E-state index is 13.8. The average molecular weight is 508 g/mol. The number of benzene rings is 2. The molecule has 3 N–H and O–H groups in total. The molecule has 200 valence electrons. The molecule has 0 bridgehead atoms. The molecular formula is C30H41N3O4. The molecule has 0 aliphatic heterocycles. The largest absolute Gasteiger partial charge is 0.478 e. The van der Waals surface area contributed by atoms with E-state index in [2.05, 4.69) is 10.6 Å². The Kier molecular flexibility index (Phi) is 10.6. The van der Waals surface area contributed by atoms with Crippen molar-refractivity contribution in [2.24, 2.45) is 5.92 Å². The van der Waals surface area contributed by atoms with Gasteiger partial charge in [-0.2, -0.15) is 0 Å². The van der Waals surface area contributed by atoms with Gasteiger partial charge in [0.05, 0.1) is 12.1 Å². The van der Waals surface area contributed by atoms with Gasteiger partial charge in [0.25, 0.3) is 0 Å². The van der Waals surface area contributed by atoms with Crippen molar-refractivity contribution in [1.82, 2.24) is 15.5 Å². The number of rotatable bonds is 12. The highest BCUT2D eigenvalue weighted by molar-refractivity contribution is 5.91. The van der Waals surface area contributed by atoms with Crippen LogP contribution in [0.1, 0.15) is 45.7 Å². The fraction of sp³-hybridized carbons (Fsp3) is 0.433. The van der Waals surface area contributed by atoms with E-state index in [4.69, 9.17) is 0 Å². The molecule has 0 unspecified atom stereocenters. The average Bonchev–Trinajstić information content (AvgIpc) is 2.87. The van der Waals surface area contributed by atoms with Gasteiger partial charge < -0.3 is 20.6 Å². The van der Waals surface area contributed by atoms with Crippen LogP contribution in [0.3, 0.4) is 0 Å². The van der Waals surface area contributed by atoms with Crippen LogP contribution in [0.4, 0.5) is 0 Å². The predicted octanol–water partition coefficient (Wildman–Crippen LogP) is 3.79. The first-order valence-corrected chi connectivity index (χ1v) is 12.7. The zero-order valence-electron chi connectivity index (χ0n) is 23.0. The molecular weight excluding hydrogens is 466 g/mol. The lowest BCUT2D eigenvalue weighted by atomic mass is 9.77. The minimum Gasteiger partial charge on any atom is -0.478 e. The molecule has 7 nitrogen and oxygen atoms in total. The SMILES string of the molecule is CN[C@H](C(=O)N[C@@H](Cc1ccccc1)C(=O)N(C)[C@H](C=C(C)C(=O)O)C(C)C)C(C)(C)c1ccccc1. The molecule has 2 rings (SSSR count). The summed E-state index contributed by atoms with van der Waals surface area (Å²) in [6.45, 7) is 9.38. The number of carbonyl (C=O) groups is 3. The van der Waals surface area contributed by atoms with Gasteiger partial charge in [-0.3, -0.25) is 9.59 Å². The van der Waals surface area contributed by atoms with Crippen LogP contribution in [0.15, 0.2) is 72.3 Å². The van der Waals surface area contributed by atoms with Crippen LogP contribution in [0.5, 0.6) is 0 Å². The molecule has 0 aliphatic rings. The van der Waals surface area contributed by atoms with Crippen LogP contribution >= 0.6 is 0 Å². The van der Waals surface area contributed by atoms with E-state index in [1.807, 2.05) is 88.4 Å². The molecule has 0 spiro atoms. The van der Waals surface area contributed by atoms with Crippen molar-refractivity contribution in [2.45, 2.75) is 64.6 Å². The summed E-state index contributed by atoms with van der Waals surface area (Å²) in [5.41, 5.74) is 1.54. The highest BCUT2D eigenvalue weighted by Crippen LogP contribution is 2.27. The second kappa shape index (κ2) is 13.2. The van der Waals surface area contributed by atoms with Crippen molar-refractivity contribution in [3.05, 3.63) is 83.4 Å². The number of hydrogen-bond donors (Lipinski definition) is 3. The van der Waals surface area contributed by atoms with Gasteiger partial charge >= 0.3 is 5.97 Å². The first kappa shape index (κ1) is 29.8. The van der Waals surface area contributed by atoms with Crippen LogP contribution in [0, 0.1) is 5.92 Å². The van der Waals surface area contributed by atoms with Crippen LogP contribution in [0.25, 0.3) is 0 Å². The zero-order chi connectivity index (χ0) is 27.8. The lowest BCUT2D eigenvalue weighted by Gasteiger charge is -2.36. The molecule has 3 atom stereocenters. The molecule has 7 heteroatoms. The number of nitrogens with zero attached hydrogens (tertiary/aromatic N) is 1. The lowest BCUT2D eigenvalue weighted by molar-refractivity contribution is -0.138. The summed E-state index contributed by atoms with van der Waals surface area (Å²) in [7, 11) is 3.40. The Bertz CT molecular complexity index is 1080. The van der Waals surface area contributed by atoms with Crippen molar-refractivity contribution in [1.29, 1.82) is 0 Å². The number of amides is 2. The molecule has 2 aromatic carbocycles. The summed E-state index contributed by atoms with van der Waals surface area (Å²) in [5, 5.41) is 15.5. The number of likely N-dealkylation sites (N-methyl/N-ethyl adjacent to an activating group) is 2. The third-order valence-electron chi connectivity index (χ3n) is 6.92. The van der Waals surface area contributed by atoms with Crippen LogP contribution in [0.2, 0.25) is 0 Å². The molecule has 0 aromatic heterocycles. The minimum atomic E-state index is -1.03. The Morgan fingerprint density at radius 1 is 1.00 bits per heavy atom. The highest BCUT2D eigenvalue weighted by atomic mass is 16.4. The molecule has 0 fully saturated rings. The van der Waals surface area contributed by atoms with Crippen LogP contribution in [-0.4, -0.2) is 60.0 Å². The molecule has 0 saturated carbocycles. The van der Waals surface area contributed by atoms with Crippen LogP contribution < -0.4 is 10.6 Å². The van der Waals surface area contributed by atoms with E-state index in [0.717, 1.165) is 11.1 Å². The third kappa shape index (κ3) is 7.76. The van der Waals surface area contributed by atoms with E-state index >= 15 is 0 Å². The topological polar surface area (TPSA) is 98.7 Å².